The van der Waals surface area contributed by atoms with E-state index in [2.05, 4.69) is 201 Å². The van der Waals surface area contributed by atoms with Crippen molar-refractivity contribution in [1.82, 2.24) is 9.97 Å². The average molecular weight is 721 g/mol. The summed E-state index contributed by atoms with van der Waals surface area (Å²) in [6.45, 7) is 20.8. The summed E-state index contributed by atoms with van der Waals surface area (Å²) in [7, 11) is -1.70. The molecule has 3 heteroatoms. The zero-order valence-electron chi connectivity index (χ0n) is 33.3. The third kappa shape index (κ3) is 7.93. The molecule has 0 aliphatic heterocycles. The van der Waals surface area contributed by atoms with Crippen LogP contribution in [0.1, 0.15) is 52.7 Å². The van der Waals surface area contributed by atoms with Crippen molar-refractivity contribution < 1.29 is 0 Å². The lowest BCUT2D eigenvalue weighted by atomic mass is 9.86. The molecule has 0 bridgehead atoms. The third-order valence-electron chi connectivity index (χ3n) is 10.5. The summed E-state index contributed by atoms with van der Waals surface area (Å²) in [5.41, 5.74) is 16.8. The number of benzene rings is 5. The molecule has 0 unspecified atom stereocenters. The third-order valence-corrected chi connectivity index (χ3v) is 12.5. The van der Waals surface area contributed by atoms with Crippen LogP contribution < -0.4 is 5.19 Å². The van der Waals surface area contributed by atoms with Crippen molar-refractivity contribution in [2.75, 3.05) is 0 Å². The number of rotatable bonds is 7. The zero-order valence-corrected chi connectivity index (χ0v) is 34.3. The molecular weight excluding hydrogens is 669 g/mol. The molecule has 0 amide bonds. The van der Waals surface area contributed by atoms with Gasteiger partial charge in [-0.25, -0.2) is 0 Å². The van der Waals surface area contributed by atoms with Gasteiger partial charge in [0.1, 0.15) is 0 Å². The van der Waals surface area contributed by atoms with Crippen molar-refractivity contribution in [3.8, 4) is 67.0 Å². The number of hydrogen-bond donors (Lipinski definition) is 0. The highest BCUT2D eigenvalue weighted by Gasteiger charge is 2.21. The summed E-state index contributed by atoms with van der Waals surface area (Å²) in [4.78, 5) is 9.44. The molecule has 7 rings (SSSR count). The first kappa shape index (κ1) is 37.0. The lowest BCUT2D eigenvalue weighted by Crippen LogP contribution is -2.37. The number of nitrogens with zero attached hydrogens (tertiary/aromatic N) is 2. The second-order valence-corrected chi connectivity index (χ2v) is 22.7. The lowest BCUT2D eigenvalue weighted by molar-refractivity contribution is 0.589. The Kier molecular flexibility index (Phi) is 9.89. The number of aromatic nitrogens is 2. The SMILES string of the molecule is CC(C)(C)c1ccnc(-c2ccc(-c3ccccc3-c3cc(-c4ccccc4-c4ccc(-c5cc(C(C)(C)C)ccn5)cc4)cc([Si](C)(C)C)c3)cc2)c1. The van der Waals surface area contributed by atoms with Gasteiger partial charge in [0.25, 0.3) is 0 Å². The van der Waals surface area contributed by atoms with Crippen LogP contribution in [0.3, 0.4) is 0 Å². The van der Waals surface area contributed by atoms with E-state index in [1.807, 2.05) is 12.4 Å². The van der Waals surface area contributed by atoms with Crippen LogP contribution in [0.25, 0.3) is 67.0 Å². The first-order chi connectivity index (χ1) is 25.6. The summed E-state index contributed by atoms with van der Waals surface area (Å²) in [6, 6.07) is 51.5. The van der Waals surface area contributed by atoms with E-state index in [9.17, 15) is 0 Å². The monoisotopic (exact) mass is 720 g/mol. The molecule has 5 aromatic carbocycles. The molecule has 0 aliphatic rings. The van der Waals surface area contributed by atoms with Crippen molar-refractivity contribution >= 4 is 13.3 Å². The number of pyridine rings is 2. The minimum Gasteiger partial charge on any atom is -0.256 e. The maximum Gasteiger partial charge on any atom is 0.0776 e. The van der Waals surface area contributed by atoms with Gasteiger partial charge in [0.05, 0.1) is 19.5 Å². The molecule has 0 aliphatic carbocycles. The van der Waals surface area contributed by atoms with Crippen LogP contribution >= 0.6 is 0 Å². The molecule has 0 spiro atoms. The second kappa shape index (κ2) is 14.5. The molecule has 0 atom stereocenters. The fraction of sp³-hybridized carbons (Fsp3) is 0.216. The molecule has 0 saturated heterocycles. The van der Waals surface area contributed by atoms with Gasteiger partial charge >= 0.3 is 0 Å². The molecule has 2 heterocycles. The molecule has 54 heavy (non-hydrogen) atoms. The molecular formula is C51H52N2Si. The van der Waals surface area contributed by atoms with E-state index in [1.165, 1.54) is 60.8 Å². The summed E-state index contributed by atoms with van der Waals surface area (Å²) in [5.74, 6) is 0. The highest BCUT2D eigenvalue weighted by molar-refractivity contribution is 6.88. The summed E-state index contributed by atoms with van der Waals surface area (Å²) >= 11 is 0. The topological polar surface area (TPSA) is 25.8 Å². The van der Waals surface area contributed by atoms with Crippen LogP contribution in [0, 0.1) is 0 Å². The molecule has 0 saturated carbocycles. The lowest BCUT2D eigenvalue weighted by Gasteiger charge is -2.22. The average Bonchev–Trinajstić information content (AvgIpc) is 3.17. The standard InChI is InChI=1S/C51H52N2Si/c1-50(2,3)41-26-28-52-48(33-41)37-22-18-35(19-23-37)44-14-10-12-16-46(44)39-30-40(32-43(31-39)54(7,8)9)47-17-13-11-15-45(47)36-20-24-38(25-21-36)49-34-42(27-29-53-49)51(4,5)6/h10-34H,1-9H3. The van der Waals surface area contributed by atoms with Crippen molar-refractivity contribution in [2.24, 2.45) is 0 Å². The fourth-order valence-corrected chi connectivity index (χ4v) is 8.27. The molecule has 0 fully saturated rings. The van der Waals surface area contributed by atoms with Crippen LogP contribution in [-0.2, 0) is 10.8 Å². The Morgan fingerprint density at radius 3 is 1.04 bits per heavy atom. The summed E-state index contributed by atoms with van der Waals surface area (Å²) < 4.78 is 0. The van der Waals surface area contributed by atoms with E-state index < -0.39 is 8.07 Å². The van der Waals surface area contributed by atoms with E-state index in [1.54, 1.807) is 0 Å². The first-order valence-corrected chi connectivity index (χ1v) is 22.6. The molecule has 2 aromatic heterocycles. The highest BCUT2D eigenvalue weighted by Crippen LogP contribution is 2.38. The van der Waals surface area contributed by atoms with Gasteiger partial charge in [0.15, 0.2) is 0 Å². The van der Waals surface area contributed by atoms with Crippen molar-refractivity contribution in [3.05, 3.63) is 163 Å². The van der Waals surface area contributed by atoms with Crippen molar-refractivity contribution in [3.63, 3.8) is 0 Å². The zero-order chi connectivity index (χ0) is 38.3. The predicted octanol–water partition coefficient (Wildman–Crippen LogP) is 13.6. The Hall–Kier alpha value is -5.38. The Balaban J connectivity index is 1.27. The molecule has 0 N–H and O–H groups in total. The maximum atomic E-state index is 4.72. The molecule has 270 valence electrons. The molecule has 2 nitrogen and oxygen atoms in total. The minimum absolute atomic E-state index is 0.0713. The second-order valence-electron chi connectivity index (χ2n) is 17.7. The predicted molar refractivity (Wildman–Crippen MR) is 235 cm³/mol. The van der Waals surface area contributed by atoms with E-state index >= 15 is 0 Å². The van der Waals surface area contributed by atoms with Gasteiger partial charge < -0.3 is 0 Å². The van der Waals surface area contributed by atoms with Gasteiger partial charge in [-0.1, -0.05) is 176 Å². The minimum atomic E-state index is -1.70. The first-order valence-electron chi connectivity index (χ1n) is 19.1. The van der Waals surface area contributed by atoms with Crippen LogP contribution in [-0.4, -0.2) is 18.0 Å². The Bertz CT molecular complexity index is 2260. The van der Waals surface area contributed by atoms with Crippen LogP contribution in [0.2, 0.25) is 19.6 Å². The van der Waals surface area contributed by atoms with Gasteiger partial charge in [0.2, 0.25) is 0 Å². The smallest absolute Gasteiger partial charge is 0.0776 e. The van der Waals surface area contributed by atoms with E-state index in [0.29, 0.717) is 0 Å². The summed E-state index contributed by atoms with van der Waals surface area (Å²) in [6.07, 6.45) is 3.86. The maximum absolute atomic E-state index is 4.72. The van der Waals surface area contributed by atoms with Crippen LogP contribution in [0.15, 0.2) is 152 Å². The Morgan fingerprint density at radius 1 is 0.370 bits per heavy atom. The normalized spacial score (nSPS) is 12.2. The fourth-order valence-electron chi connectivity index (χ4n) is 7.10. The van der Waals surface area contributed by atoms with Crippen molar-refractivity contribution in [2.45, 2.75) is 72.0 Å². The van der Waals surface area contributed by atoms with E-state index in [-0.39, 0.29) is 10.8 Å². The molecule has 7 aromatic rings. The van der Waals surface area contributed by atoms with Crippen LogP contribution in [0.5, 0.6) is 0 Å². The Labute approximate surface area is 324 Å². The van der Waals surface area contributed by atoms with E-state index in [0.717, 1.165) is 22.5 Å². The van der Waals surface area contributed by atoms with Gasteiger partial charge in [-0.3, -0.25) is 9.97 Å². The summed E-state index contributed by atoms with van der Waals surface area (Å²) in [5, 5.41) is 1.44. The van der Waals surface area contributed by atoms with Gasteiger partial charge in [-0.2, -0.15) is 0 Å². The van der Waals surface area contributed by atoms with Gasteiger partial charge in [0, 0.05) is 23.5 Å². The quantitative estimate of drug-likeness (QED) is 0.153. The van der Waals surface area contributed by atoms with Gasteiger partial charge in [-0.15, -0.1) is 0 Å². The van der Waals surface area contributed by atoms with Crippen LogP contribution in [0.4, 0.5) is 0 Å². The van der Waals surface area contributed by atoms with E-state index in [4.69, 9.17) is 9.97 Å². The number of hydrogen-bond acceptors (Lipinski definition) is 2. The Morgan fingerprint density at radius 2 is 0.704 bits per heavy atom. The largest absolute Gasteiger partial charge is 0.256 e. The highest BCUT2D eigenvalue weighted by atomic mass is 28.3. The van der Waals surface area contributed by atoms with Gasteiger partial charge in [-0.05, 0) is 96.8 Å². The molecule has 0 radical (unpaired) electrons. The van der Waals surface area contributed by atoms with Crippen molar-refractivity contribution in [1.29, 1.82) is 0 Å².